The lowest BCUT2D eigenvalue weighted by atomic mass is 10.0. The Morgan fingerprint density at radius 3 is 2.36 bits per heavy atom. The van der Waals surface area contributed by atoms with Crippen LogP contribution < -0.4 is 19.7 Å². The van der Waals surface area contributed by atoms with Gasteiger partial charge in [0.1, 0.15) is 6.04 Å². The molecule has 0 radical (unpaired) electrons. The molecule has 0 spiro atoms. The van der Waals surface area contributed by atoms with Crippen LogP contribution >= 0.6 is 0 Å². The fourth-order valence-electron chi connectivity index (χ4n) is 4.57. The lowest BCUT2D eigenvalue weighted by Gasteiger charge is -2.32. The average Bonchev–Trinajstić information content (AvgIpc) is 3.61. The summed E-state index contributed by atoms with van der Waals surface area (Å²) in [6.07, 6.45) is 5.26. The predicted octanol–water partition coefficient (Wildman–Crippen LogP) is 4.95. The van der Waals surface area contributed by atoms with Crippen molar-refractivity contribution in [1.29, 1.82) is 0 Å². The number of anilines is 1. The van der Waals surface area contributed by atoms with Crippen LogP contribution in [0, 0.1) is 0 Å². The van der Waals surface area contributed by atoms with Crippen molar-refractivity contribution in [3.8, 4) is 11.5 Å². The lowest BCUT2D eigenvalue weighted by molar-refractivity contribution is -0.123. The monoisotopic (exact) mass is 490 g/mol. The first-order chi connectivity index (χ1) is 17.4. The summed E-state index contributed by atoms with van der Waals surface area (Å²) in [5.74, 6) is 0.00208. The molecule has 0 unspecified atom stereocenters. The van der Waals surface area contributed by atoms with Crippen molar-refractivity contribution in [2.24, 2.45) is 0 Å². The van der Waals surface area contributed by atoms with Gasteiger partial charge in [0.25, 0.3) is 5.91 Å². The van der Waals surface area contributed by atoms with Gasteiger partial charge in [-0.15, -0.1) is 0 Å². The summed E-state index contributed by atoms with van der Waals surface area (Å²) < 4.78 is 16.3. The van der Waals surface area contributed by atoms with Gasteiger partial charge in [0.05, 0.1) is 20.5 Å². The Labute approximate surface area is 210 Å². The molecule has 188 valence electrons. The minimum absolute atomic E-state index is 0.0317. The van der Waals surface area contributed by atoms with Gasteiger partial charge in [0.2, 0.25) is 5.91 Å². The standard InChI is InChI=1S/C28H30N2O6/c1-18(31)19-8-6-11-22(16-19)30(28(33)24-12-7-15-36-24)26(27(32)29-21-9-4-5-10-21)20-13-14-23(34-2)25(17-20)35-3/h6-8,11-17,21,26H,4-5,9-10H2,1-3H3,(H,29,32)/t26-/m0/s1. The SMILES string of the molecule is COc1ccc([C@@H](C(=O)NC2CCCC2)N(C(=O)c2ccco2)c2cccc(C(C)=O)c2)cc1OC. The normalized spacial score (nSPS) is 14.2. The Morgan fingerprint density at radius 2 is 1.72 bits per heavy atom. The summed E-state index contributed by atoms with van der Waals surface area (Å²) in [5, 5.41) is 3.13. The Morgan fingerprint density at radius 1 is 0.972 bits per heavy atom. The van der Waals surface area contributed by atoms with E-state index in [1.807, 2.05) is 0 Å². The summed E-state index contributed by atoms with van der Waals surface area (Å²) in [6.45, 7) is 1.45. The number of rotatable bonds is 9. The molecular weight excluding hydrogens is 460 g/mol. The third kappa shape index (κ3) is 5.27. The number of Topliss-reactive ketones (excluding diaryl/α,β-unsaturated/α-hetero) is 1. The molecule has 8 heteroatoms. The van der Waals surface area contributed by atoms with Crippen LogP contribution in [-0.4, -0.2) is 37.9 Å². The zero-order valence-electron chi connectivity index (χ0n) is 20.7. The van der Waals surface area contributed by atoms with Crippen LogP contribution in [0.1, 0.15) is 65.1 Å². The third-order valence-electron chi connectivity index (χ3n) is 6.41. The number of amides is 2. The number of carbonyl (C=O) groups excluding carboxylic acids is 3. The van der Waals surface area contributed by atoms with Crippen molar-refractivity contribution < 1.29 is 28.3 Å². The van der Waals surface area contributed by atoms with E-state index in [9.17, 15) is 14.4 Å². The summed E-state index contributed by atoms with van der Waals surface area (Å²) in [4.78, 5) is 41.2. The highest BCUT2D eigenvalue weighted by molar-refractivity contribution is 6.09. The quantitative estimate of drug-likeness (QED) is 0.427. The first kappa shape index (κ1) is 25.0. The van der Waals surface area contributed by atoms with Gasteiger partial charge in [-0.2, -0.15) is 0 Å². The van der Waals surface area contributed by atoms with E-state index in [0.717, 1.165) is 25.7 Å². The first-order valence-electron chi connectivity index (χ1n) is 11.9. The van der Waals surface area contributed by atoms with Crippen LogP contribution in [0.15, 0.2) is 65.3 Å². The molecule has 3 aromatic rings. The molecule has 1 saturated carbocycles. The fraction of sp³-hybridized carbons (Fsp3) is 0.321. The van der Waals surface area contributed by atoms with Crippen LogP contribution in [0.3, 0.4) is 0 Å². The predicted molar refractivity (Wildman–Crippen MR) is 135 cm³/mol. The van der Waals surface area contributed by atoms with Crippen molar-refractivity contribution in [3.05, 3.63) is 77.7 Å². The number of benzene rings is 2. The van der Waals surface area contributed by atoms with E-state index >= 15 is 0 Å². The molecule has 1 aliphatic carbocycles. The zero-order chi connectivity index (χ0) is 25.7. The molecule has 1 atom stereocenters. The number of methoxy groups -OCH3 is 2. The van der Waals surface area contributed by atoms with E-state index in [4.69, 9.17) is 13.9 Å². The van der Waals surface area contributed by atoms with Crippen molar-refractivity contribution in [2.75, 3.05) is 19.1 Å². The molecule has 1 aromatic heterocycles. The Balaban J connectivity index is 1.88. The van der Waals surface area contributed by atoms with Gasteiger partial charge < -0.3 is 19.2 Å². The van der Waals surface area contributed by atoms with E-state index in [1.54, 1.807) is 54.6 Å². The fourth-order valence-corrected chi connectivity index (χ4v) is 4.57. The van der Waals surface area contributed by atoms with Crippen LogP contribution in [-0.2, 0) is 4.79 Å². The number of nitrogens with one attached hydrogen (secondary N) is 1. The molecule has 2 aromatic carbocycles. The number of carbonyl (C=O) groups is 3. The number of hydrogen-bond acceptors (Lipinski definition) is 6. The lowest BCUT2D eigenvalue weighted by Crippen LogP contribution is -2.46. The highest BCUT2D eigenvalue weighted by Crippen LogP contribution is 2.36. The number of nitrogens with zero attached hydrogens (tertiary/aromatic N) is 1. The average molecular weight is 491 g/mol. The number of hydrogen-bond donors (Lipinski definition) is 1. The molecule has 0 bridgehead atoms. The smallest absolute Gasteiger partial charge is 0.294 e. The molecule has 0 aliphatic heterocycles. The summed E-state index contributed by atoms with van der Waals surface area (Å²) >= 11 is 0. The maximum Gasteiger partial charge on any atom is 0.294 e. The Kier molecular flexibility index (Phi) is 7.73. The van der Waals surface area contributed by atoms with E-state index in [1.165, 1.54) is 32.3 Å². The Hall–Kier alpha value is -4.07. The van der Waals surface area contributed by atoms with Gasteiger partial charge in [0, 0.05) is 17.3 Å². The molecular formula is C28H30N2O6. The summed E-state index contributed by atoms with van der Waals surface area (Å²) in [7, 11) is 3.04. The molecule has 1 heterocycles. The highest BCUT2D eigenvalue weighted by Gasteiger charge is 2.36. The van der Waals surface area contributed by atoms with Crippen LogP contribution in [0.5, 0.6) is 11.5 Å². The van der Waals surface area contributed by atoms with Crippen LogP contribution in [0.2, 0.25) is 0 Å². The summed E-state index contributed by atoms with van der Waals surface area (Å²) in [5.41, 5.74) is 1.34. The van der Waals surface area contributed by atoms with Gasteiger partial charge in [-0.25, -0.2) is 0 Å². The van der Waals surface area contributed by atoms with Crippen molar-refractivity contribution in [2.45, 2.75) is 44.7 Å². The molecule has 8 nitrogen and oxygen atoms in total. The van der Waals surface area contributed by atoms with Gasteiger partial charge in [0.15, 0.2) is 23.0 Å². The highest BCUT2D eigenvalue weighted by atomic mass is 16.5. The van der Waals surface area contributed by atoms with E-state index in [-0.39, 0.29) is 23.5 Å². The number of ether oxygens (including phenoxy) is 2. The van der Waals surface area contributed by atoms with Gasteiger partial charge >= 0.3 is 0 Å². The van der Waals surface area contributed by atoms with Crippen molar-refractivity contribution >= 4 is 23.3 Å². The van der Waals surface area contributed by atoms with E-state index in [0.29, 0.717) is 28.3 Å². The Bertz CT molecular complexity index is 1230. The molecule has 1 fully saturated rings. The molecule has 2 amide bonds. The van der Waals surface area contributed by atoms with E-state index in [2.05, 4.69) is 5.32 Å². The zero-order valence-corrected chi connectivity index (χ0v) is 20.7. The maximum absolute atomic E-state index is 13.9. The second-order valence-corrected chi connectivity index (χ2v) is 8.77. The topological polar surface area (TPSA) is 98.1 Å². The second-order valence-electron chi connectivity index (χ2n) is 8.77. The number of furan rings is 1. The minimum Gasteiger partial charge on any atom is -0.493 e. The van der Waals surface area contributed by atoms with Gasteiger partial charge in [-0.3, -0.25) is 19.3 Å². The number of ketones is 1. The van der Waals surface area contributed by atoms with E-state index < -0.39 is 11.9 Å². The summed E-state index contributed by atoms with van der Waals surface area (Å²) in [6, 6.07) is 13.9. The second kappa shape index (κ2) is 11.1. The van der Waals surface area contributed by atoms with Crippen molar-refractivity contribution in [3.63, 3.8) is 0 Å². The first-order valence-corrected chi connectivity index (χ1v) is 11.9. The van der Waals surface area contributed by atoms with Crippen molar-refractivity contribution in [1.82, 2.24) is 5.32 Å². The molecule has 4 rings (SSSR count). The third-order valence-corrected chi connectivity index (χ3v) is 6.41. The minimum atomic E-state index is -1.06. The molecule has 0 saturated heterocycles. The largest absolute Gasteiger partial charge is 0.493 e. The molecule has 1 aliphatic rings. The maximum atomic E-state index is 13.9. The van der Waals surface area contributed by atoms with Crippen LogP contribution in [0.25, 0.3) is 0 Å². The van der Waals surface area contributed by atoms with Gasteiger partial charge in [-0.1, -0.05) is 31.0 Å². The molecule has 1 N–H and O–H groups in total. The molecule has 36 heavy (non-hydrogen) atoms. The van der Waals surface area contributed by atoms with Gasteiger partial charge in [-0.05, 0) is 61.7 Å². The van der Waals surface area contributed by atoms with Crippen LogP contribution in [0.4, 0.5) is 5.69 Å².